The van der Waals surface area contributed by atoms with E-state index in [0.29, 0.717) is 5.69 Å². The zero-order chi connectivity index (χ0) is 27.6. The van der Waals surface area contributed by atoms with E-state index in [2.05, 4.69) is 15.2 Å². The quantitative estimate of drug-likeness (QED) is 0.337. The van der Waals surface area contributed by atoms with Gasteiger partial charge in [-0.15, -0.1) is 10.2 Å². The Hall–Kier alpha value is -4.26. The van der Waals surface area contributed by atoms with E-state index in [1.807, 2.05) is 18.2 Å². The molecule has 39 heavy (non-hydrogen) atoms. The number of nitrogens with zero attached hydrogens (tertiary/aromatic N) is 5. The number of anilines is 1. The molecule has 0 aliphatic carbocycles. The van der Waals surface area contributed by atoms with Gasteiger partial charge in [-0.2, -0.15) is 8.78 Å². The number of rotatable bonds is 6. The molecule has 4 aromatic rings. The maximum atomic E-state index is 15.2. The van der Waals surface area contributed by atoms with Crippen molar-refractivity contribution in [3.05, 3.63) is 84.3 Å². The molecule has 0 radical (unpaired) electrons. The first kappa shape index (κ1) is 26.4. The summed E-state index contributed by atoms with van der Waals surface area (Å²) in [7, 11) is -3.22. The van der Waals surface area contributed by atoms with Gasteiger partial charge in [0.2, 0.25) is 5.89 Å². The molecule has 0 N–H and O–H groups in total. The van der Waals surface area contributed by atoms with Gasteiger partial charge in [-0.25, -0.2) is 17.6 Å². The Morgan fingerprint density at radius 2 is 1.72 bits per heavy atom. The average molecular weight is 558 g/mol. The zero-order valence-corrected chi connectivity index (χ0v) is 21.2. The Morgan fingerprint density at radius 3 is 2.33 bits per heavy atom. The number of urea groups is 1. The molecule has 2 aromatic carbocycles. The van der Waals surface area contributed by atoms with Crippen LogP contribution in [0.2, 0.25) is 0 Å². The van der Waals surface area contributed by atoms with Crippen LogP contribution in [0, 0.1) is 5.82 Å². The number of carbonyl (C=O) groups excluding carboxylic acids is 1. The smallest absolute Gasteiger partial charge is 0.324 e. The third-order valence-corrected chi connectivity index (χ3v) is 7.88. The second-order valence-corrected chi connectivity index (χ2v) is 11.2. The first-order valence-corrected chi connectivity index (χ1v) is 13.7. The van der Waals surface area contributed by atoms with E-state index < -0.39 is 34.0 Å². The molecular formula is C26H22F3N5O4S. The molecule has 1 fully saturated rings. The first-order chi connectivity index (χ1) is 18.7. The van der Waals surface area contributed by atoms with E-state index >= 15 is 4.39 Å². The van der Waals surface area contributed by atoms with Crippen LogP contribution in [0.1, 0.15) is 17.9 Å². The third-order valence-electron chi connectivity index (χ3n) is 6.28. The Balaban J connectivity index is 1.43. The predicted molar refractivity (Wildman–Crippen MR) is 136 cm³/mol. The van der Waals surface area contributed by atoms with Gasteiger partial charge in [0, 0.05) is 42.3 Å². The summed E-state index contributed by atoms with van der Waals surface area (Å²) in [6.07, 6.45) is 0.410. The van der Waals surface area contributed by atoms with E-state index in [-0.39, 0.29) is 48.2 Å². The summed E-state index contributed by atoms with van der Waals surface area (Å²) in [5.41, 5.74) is 2.46. The van der Waals surface area contributed by atoms with Gasteiger partial charge in [0.05, 0.1) is 18.1 Å². The van der Waals surface area contributed by atoms with Gasteiger partial charge in [-0.05, 0) is 41.5 Å². The average Bonchev–Trinajstić information content (AvgIpc) is 3.44. The van der Waals surface area contributed by atoms with Gasteiger partial charge in [0.1, 0.15) is 5.82 Å². The molecule has 13 heteroatoms. The Labute approximate surface area is 221 Å². The fourth-order valence-electron chi connectivity index (χ4n) is 4.13. The topological polar surface area (TPSA) is 110 Å². The van der Waals surface area contributed by atoms with Crippen molar-refractivity contribution in [1.82, 2.24) is 20.1 Å². The lowest BCUT2D eigenvalue weighted by Crippen LogP contribution is -2.49. The summed E-state index contributed by atoms with van der Waals surface area (Å²) < 4.78 is 69.4. The second kappa shape index (κ2) is 10.8. The maximum Gasteiger partial charge on any atom is 0.324 e. The van der Waals surface area contributed by atoms with Crippen molar-refractivity contribution in [3.63, 3.8) is 0 Å². The van der Waals surface area contributed by atoms with Crippen molar-refractivity contribution in [1.29, 1.82) is 0 Å². The zero-order valence-electron chi connectivity index (χ0n) is 20.4. The summed E-state index contributed by atoms with van der Waals surface area (Å²) >= 11 is 0. The fraction of sp³-hybridized carbons (Fsp3) is 0.231. The number of benzene rings is 2. The van der Waals surface area contributed by atoms with Crippen LogP contribution in [0.4, 0.5) is 23.7 Å². The first-order valence-electron chi connectivity index (χ1n) is 11.9. The molecule has 3 heterocycles. The SMILES string of the molecule is O=C(N1CCS(=O)(=O)CC1)N(Cc1ccc(-c2nnc(C(F)F)o2)cc1F)c1ccc(-c2cccnc2)cc1. The van der Waals surface area contributed by atoms with Crippen LogP contribution in [0.3, 0.4) is 0 Å². The van der Waals surface area contributed by atoms with E-state index in [1.165, 1.54) is 21.9 Å². The van der Waals surface area contributed by atoms with E-state index in [0.717, 1.165) is 17.2 Å². The molecule has 9 nitrogen and oxygen atoms in total. The highest BCUT2D eigenvalue weighted by Gasteiger charge is 2.29. The van der Waals surface area contributed by atoms with Crippen molar-refractivity contribution >= 4 is 21.6 Å². The molecule has 1 aliphatic rings. The van der Waals surface area contributed by atoms with Crippen LogP contribution in [-0.4, -0.2) is 59.1 Å². The number of hydrogen-bond acceptors (Lipinski definition) is 7. The molecule has 0 spiro atoms. The minimum atomic E-state index is -3.22. The lowest BCUT2D eigenvalue weighted by Gasteiger charge is -2.33. The van der Waals surface area contributed by atoms with Crippen molar-refractivity contribution in [2.75, 3.05) is 29.5 Å². The minimum Gasteiger partial charge on any atom is -0.415 e. The highest BCUT2D eigenvalue weighted by molar-refractivity contribution is 7.91. The Bertz CT molecular complexity index is 1570. The number of amides is 2. The standard InChI is InChI=1S/C26H22F3N5O4S/c27-22-14-18(24-31-32-25(38-24)23(28)29)3-4-20(22)16-34(26(35)33-10-12-39(36,37)13-11-33)21-7-5-17(6-8-21)19-2-1-9-30-15-19/h1-9,14-15,23H,10-13,16H2. The number of sulfone groups is 1. The highest BCUT2D eigenvalue weighted by Crippen LogP contribution is 2.28. The molecule has 0 saturated carbocycles. The molecule has 2 amide bonds. The predicted octanol–water partition coefficient (Wildman–Crippen LogP) is 4.73. The Morgan fingerprint density at radius 1 is 1.00 bits per heavy atom. The van der Waals surface area contributed by atoms with Gasteiger partial charge in [0.25, 0.3) is 5.89 Å². The summed E-state index contributed by atoms with van der Waals surface area (Å²) in [5.74, 6) is -2.15. The number of aromatic nitrogens is 3. The Kier molecular flexibility index (Phi) is 7.33. The van der Waals surface area contributed by atoms with Crippen molar-refractivity contribution < 1.29 is 30.8 Å². The second-order valence-electron chi connectivity index (χ2n) is 8.85. The number of halogens is 3. The monoisotopic (exact) mass is 557 g/mol. The minimum absolute atomic E-state index is 0.0243. The molecular weight excluding hydrogens is 535 g/mol. The van der Waals surface area contributed by atoms with E-state index in [1.54, 1.807) is 30.6 Å². The van der Waals surface area contributed by atoms with Gasteiger partial charge >= 0.3 is 12.5 Å². The number of alkyl halides is 2. The molecule has 0 atom stereocenters. The van der Waals surface area contributed by atoms with Crippen LogP contribution in [0.15, 0.2) is 71.4 Å². The van der Waals surface area contributed by atoms with Crippen molar-refractivity contribution in [2.24, 2.45) is 0 Å². The lowest BCUT2D eigenvalue weighted by atomic mass is 10.1. The van der Waals surface area contributed by atoms with Gasteiger partial charge in [-0.1, -0.05) is 24.3 Å². The summed E-state index contributed by atoms with van der Waals surface area (Å²) in [5, 5.41) is 6.79. The number of pyridine rings is 1. The molecule has 202 valence electrons. The van der Waals surface area contributed by atoms with Crippen LogP contribution in [0.25, 0.3) is 22.6 Å². The van der Waals surface area contributed by atoms with Gasteiger partial charge < -0.3 is 9.32 Å². The molecule has 5 rings (SSSR count). The van der Waals surface area contributed by atoms with Crippen LogP contribution in [-0.2, 0) is 16.4 Å². The molecule has 2 aromatic heterocycles. The molecule has 0 bridgehead atoms. The third kappa shape index (κ3) is 5.93. The molecule has 0 unspecified atom stereocenters. The summed E-state index contributed by atoms with van der Waals surface area (Å²) in [4.78, 5) is 20.5. The summed E-state index contributed by atoms with van der Waals surface area (Å²) in [6.45, 7) is -0.125. The largest absolute Gasteiger partial charge is 0.415 e. The van der Waals surface area contributed by atoms with Crippen LogP contribution in [0.5, 0.6) is 0 Å². The van der Waals surface area contributed by atoms with Gasteiger partial charge in [0.15, 0.2) is 9.84 Å². The van der Waals surface area contributed by atoms with Crippen LogP contribution >= 0.6 is 0 Å². The van der Waals surface area contributed by atoms with Crippen LogP contribution < -0.4 is 4.90 Å². The van der Waals surface area contributed by atoms with Gasteiger partial charge in [-0.3, -0.25) is 9.88 Å². The lowest BCUT2D eigenvalue weighted by molar-refractivity contribution is 0.116. The highest BCUT2D eigenvalue weighted by atomic mass is 32.2. The van der Waals surface area contributed by atoms with Crippen molar-refractivity contribution in [2.45, 2.75) is 13.0 Å². The molecule has 1 saturated heterocycles. The number of carbonyl (C=O) groups is 1. The summed E-state index contributed by atoms with van der Waals surface area (Å²) in [6, 6.07) is 14.2. The normalized spacial score (nSPS) is 14.9. The van der Waals surface area contributed by atoms with E-state index in [4.69, 9.17) is 4.42 Å². The number of hydrogen-bond donors (Lipinski definition) is 0. The molecule has 1 aliphatic heterocycles. The van der Waals surface area contributed by atoms with E-state index in [9.17, 15) is 22.0 Å². The fourth-order valence-corrected chi connectivity index (χ4v) is 5.33. The maximum absolute atomic E-state index is 15.2. The van der Waals surface area contributed by atoms with Crippen molar-refractivity contribution in [3.8, 4) is 22.6 Å².